The normalized spacial score (nSPS) is 19.7. The fourth-order valence-corrected chi connectivity index (χ4v) is 5.30. The van der Waals surface area contributed by atoms with Gasteiger partial charge in [0.1, 0.15) is 6.23 Å². The molecule has 214 valence electrons. The van der Waals surface area contributed by atoms with Gasteiger partial charge in [-0.3, -0.25) is 19.6 Å². The maximum Gasteiger partial charge on any atom is 0.104 e. The topological polar surface area (TPSA) is 53.4 Å². The summed E-state index contributed by atoms with van der Waals surface area (Å²) in [5.74, 6) is 0. The molecule has 2 unspecified atom stereocenters. The monoisotopic (exact) mass is 534 g/mol. The van der Waals surface area contributed by atoms with Crippen LogP contribution in [0.5, 0.6) is 0 Å². The van der Waals surface area contributed by atoms with Crippen molar-refractivity contribution in [1.29, 1.82) is 0 Å². The summed E-state index contributed by atoms with van der Waals surface area (Å²) in [5.41, 5.74) is 4.87. The second-order valence-electron chi connectivity index (χ2n) is 11.0. The van der Waals surface area contributed by atoms with Gasteiger partial charge < -0.3 is 10.2 Å². The van der Waals surface area contributed by atoms with Gasteiger partial charge in [0.05, 0.1) is 6.10 Å². The first-order valence-electron chi connectivity index (χ1n) is 14.6. The van der Waals surface area contributed by atoms with E-state index >= 15 is 0 Å². The summed E-state index contributed by atoms with van der Waals surface area (Å²) in [6.07, 6.45) is 4.98. The van der Waals surface area contributed by atoms with Crippen molar-refractivity contribution in [1.82, 2.24) is 19.6 Å². The molecule has 6 nitrogen and oxygen atoms in total. The Morgan fingerprint density at radius 1 is 0.641 bits per heavy atom. The van der Waals surface area contributed by atoms with Crippen LogP contribution in [0.15, 0.2) is 61.7 Å². The average molecular weight is 535 g/mol. The molecule has 1 fully saturated rings. The highest BCUT2D eigenvalue weighted by Gasteiger charge is 2.18. The van der Waals surface area contributed by atoms with Gasteiger partial charge >= 0.3 is 0 Å². The number of rotatable bonds is 9. The zero-order valence-electron chi connectivity index (χ0n) is 24.2. The standard InChI is InChI=1S/C33H50N4O2/c1-5-30-9-13-32(14-10-30)26-35-19-8-20-37(29(4)39)24-23-36(27-33-15-11-31(6-2)12-16-33)18-7-17-34(21-22-35)25-28(3)38/h5-6,9-16,28-29,38-39H,1-2,7-8,17-27H2,3-4H3. The van der Waals surface area contributed by atoms with Crippen LogP contribution in [-0.4, -0.2) is 101 Å². The van der Waals surface area contributed by atoms with Gasteiger partial charge in [-0.15, -0.1) is 0 Å². The van der Waals surface area contributed by atoms with Crippen molar-refractivity contribution in [2.45, 2.75) is 52.1 Å². The predicted molar refractivity (Wildman–Crippen MR) is 164 cm³/mol. The van der Waals surface area contributed by atoms with Crippen LogP contribution >= 0.6 is 0 Å². The molecule has 0 saturated carbocycles. The number of β-amino-alcohol motifs (C(OH)–C–C–N with tert-alkyl or cyclic N) is 1. The third kappa shape index (κ3) is 11.4. The molecule has 2 N–H and O–H groups in total. The highest BCUT2D eigenvalue weighted by atomic mass is 16.3. The van der Waals surface area contributed by atoms with Gasteiger partial charge in [0.15, 0.2) is 0 Å². The van der Waals surface area contributed by atoms with Crippen LogP contribution in [0, 0.1) is 0 Å². The Hall–Kier alpha value is -2.32. The Morgan fingerprint density at radius 2 is 1.08 bits per heavy atom. The average Bonchev–Trinajstić information content (AvgIpc) is 2.92. The van der Waals surface area contributed by atoms with Crippen LogP contribution in [0.1, 0.15) is 48.9 Å². The Kier molecular flexibility index (Phi) is 13.4. The smallest absolute Gasteiger partial charge is 0.104 e. The molecular weight excluding hydrogens is 484 g/mol. The van der Waals surface area contributed by atoms with E-state index < -0.39 is 6.23 Å². The van der Waals surface area contributed by atoms with Crippen LogP contribution in [-0.2, 0) is 13.1 Å². The molecule has 1 saturated heterocycles. The van der Waals surface area contributed by atoms with E-state index in [1.165, 1.54) is 11.1 Å². The summed E-state index contributed by atoms with van der Waals surface area (Å²) in [4.78, 5) is 9.65. The van der Waals surface area contributed by atoms with E-state index in [2.05, 4.69) is 81.3 Å². The Bertz CT molecular complexity index is 974. The lowest BCUT2D eigenvalue weighted by atomic mass is 10.1. The molecular formula is C33H50N4O2. The second kappa shape index (κ2) is 16.7. The van der Waals surface area contributed by atoms with Gasteiger partial charge in [-0.05, 0) is 68.6 Å². The summed E-state index contributed by atoms with van der Waals surface area (Å²) >= 11 is 0. The third-order valence-corrected chi connectivity index (χ3v) is 7.60. The molecule has 6 heteroatoms. The Balaban J connectivity index is 1.70. The van der Waals surface area contributed by atoms with E-state index in [0.29, 0.717) is 6.54 Å². The van der Waals surface area contributed by atoms with Crippen molar-refractivity contribution in [3.05, 3.63) is 83.9 Å². The van der Waals surface area contributed by atoms with Crippen LogP contribution in [0.3, 0.4) is 0 Å². The van der Waals surface area contributed by atoms with Crippen molar-refractivity contribution in [3.8, 4) is 0 Å². The molecule has 2 aromatic rings. The molecule has 0 radical (unpaired) electrons. The largest absolute Gasteiger partial charge is 0.392 e. The number of benzene rings is 2. The fourth-order valence-electron chi connectivity index (χ4n) is 5.30. The molecule has 1 aliphatic rings. The van der Waals surface area contributed by atoms with Crippen LogP contribution in [0.25, 0.3) is 12.2 Å². The maximum atomic E-state index is 10.5. The molecule has 1 heterocycles. The van der Waals surface area contributed by atoms with Crippen LogP contribution in [0.4, 0.5) is 0 Å². The van der Waals surface area contributed by atoms with E-state index in [9.17, 15) is 10.2 Å². The first-order chi connectivity index (χ1) is 18.9. The number of aliphatic hydroxyl groups is 2. The molecule has 0 amide bonds. The van der Waals surface area contributed by atoms with Gasteiger partial charge in [-0.2, -0.15) is 0 Å². The lowest BCUT2D eigenvalue weighted by Gasteiger charge is -2.33. The minimum Gasteiger partial charge on any atom is -0.392 e. The van der Waals surface area contributed by atoms with Crippen molar-refractivity contribution in [3.63, 3.8) is 0 Å². The molecule has 0 spiro atoms. The Labute approximate surface area is 236 Å². The zero-order chi connectivity index (χ0) is 28.0. The van der Waals surface area contributed by atoms with E-state index in [-0.39, 0.29) is 6.10 Å². The molecule has 1 aliphatic heterocycles. The zero-order valence-corrected chi connectivity index (χ0v) is 24.2. The molecule has 2 atom stereocenters. The van der Waals surface area contributed by atoms with E-state index in [1.807, 2.05) is 26.0 Å². The summed E-state index contributed by atoms with van der Waals surface area (Å²) in [6, 6.07) is 17.3. The van der Waals surface area contributed by atoms with Gasteiger partial charge in [0.25, 0.3) is 0 Å². The van der Waals surface area contributed by atoms with Crippen molar-refractivity contribution < 1.29 is 10.2 Å². The highest BCUT2D eigenvalue weighted by Crippen LogP contribution is 2.13. The van der Waals surface area contributed by atoms with E-state index in [4.69, 9.17) is 0 Å². The SMILES string of the molecule is C=Cc1ccc(CN2CCCN(C(C)O)CCN(Cc3ccc(C=C)cc3)CCCN(CC(C)O)CC2)cc1. The molecule has 0 bridgehead atoms. The van der Waals surface area contributed by atoms with Crippen molar-refractivity contribution in [2.75, 3.05) is 58.9 Å². The summed E-state index contributed by atoms with van der Waals surface area (Å²) < 4.78 is 0. The van der Waals surface area contributed by atoms with Crippen LogP contribution < -0.4 is 0 Å². The number of nitrogens with zero attached hydrogens (tertiary/aromatic N) is 4. The first kappa shape index (κ1) is 31.2. The molecule has 0 aromatic heterocycles. The predicted octanol–water partition coefficient (Wildman–Crippen LogP) is 4.39. The van der Waals surface area contributed by atoms with Crippen molar-refractivity contribution in [2.24, 2.45) is 0 Å². The number of hydrogen-bond donors (Lipinski definition) is 2. The minimum atomic E-state index is -0.465. The van der Waals surface area contributed by atoms with E-state index in [0.717, 1.165) is 89.4 Å². The van der Waals surface area contributed by atoms with Gasteiger partial charge in [-0.25, -0.2) is 0 Å². The second-order valence-corrected chi connectivity index (χ2v) is 11.0. The van der Waals surface area contributed by atoms with Gasteiger partial charge in [-0.1, -0.05) is 73.8 Å². The molecule has 39 heavy (non-hydrogen) atoms. The van der Waals surface area contributed by atoms with E-state index in [1.54, 1.807) is 0 Å². The third-order valence-electron chi connectivity index (χ3n) is 7.60. The summed E-state index contributed by atoms with van der Waals surface area (Å²) in [5, 5.41) is 20.7. The lowest BCUT2D eigenvalue weighted by molar-refractivity contribution is 0.00830. The van der Waals surface area contributed by atoms with Crippen molar-refractivity contribution >= 4 is 12.2 Å². The summed E-state index contributed by atoms with van der Waals surface area (Å²) in [6.45, 7) is 21.4. The van der Waals surface area contributed by atoms with Gasteiger partial charge in [0.2, 0.25) is 0 Å². The molecule has 0 aliphatic carbocycles. The first-order valence-corrected chi connectivity index (χ1v) is 14.6. The maximum absolute atomic E-state index is 10.5. The molecule has 2 aromatic carbocycles. The Morgan fingerprint density at radius 3 is 1.54 bits per heavy atom. The fraction of sp³-hybridized carbons (Fsp3) is 0.515. The summed E-state index contributed by atoms with van der Waals surface area (Å²) in [7, 11) is 0. The highest BCUT2D eigenvalue weighted by molar-refractivity contribution is 5.47. The van der Waals surface area contributed by atoms with Crippen LogP contribution in [0.2, 0.25) is 0 Å². The molecule has 3 rings (SSSR count). The van der Waals surface area contributed by atoms with Gasteiger partial charge in [0, 0.05) is 52.4 Å². The quantitative estimate of drug-likeness (QED) is 0.498. The number of aliphatic hydroxyl groups excluding tert-OH is 2. The number of hydrogen-bond acceptors (Lipinski definition) is 6. The minimum absolute atomic E-state index is 0.345. The lowest BCUT2D eigenvalue weighted by Crippen LogP contribution is -2.44.